The van der Waals surface area contributed by atoms with Crippen molar-refractivity contribution in [2.45, 2.75) is 44.1 Å². The molecule has 1 heterocycles. The Balaban J connectivity index is 1.71. The Bertz CT molecular complexity index is 362. The lowest BCUT2D eigenvalue weighted by molar-refractivity contribution is 0.282. The number of nitrogens with zero attached hydrogens (tertiary/aromatic N) is 2. The van der Waals surface area contributed by atoms with E-state index in [0.29, 0.717) is 0 Å². The molecule has 1 aliphatic carbocycles. The van der Waals surface area contributed by atoms with Crippen LogP contribution >= 0.6 is 11.8 Å². The third kappa shape index (κ3) is 4.16. The first-order chi connectivity index (χ1) is 8.78. The van der Waals surface area contributed by atoms with Crippen LogP contribution in [0.3, 0.4) is 0 Å². The van der Waals surface area contributed by atoms with E-state index in [9.17, 15) is 0 Å². The van der Waals surface area contributed by atoms with Gasteiger partial charge in [-0.25, -0.2) is 9.97 Å². The molecule has 0 radical (unpaired) electrons. The molecule has 0 aliphatic heterocycles. The summed E-state index contributed by atoms with van der Waals surface area (Å²) in [7, 11) is 0. The average molecular weight is 265 g/mol. The Hall–Kier alpha value is -0.770. The molecular formula is C14H23N3S. The van der Waals surface area contributed by atoms with Gasteiger partial charge in [-0.2, -0.15) is 0 Å². The van der Waals surface area contributed by atoms with Crippen LogP contribution in [0.25, 0.3) is 0 Å². The van der Waals surface area contributed by atoms with Gasteiger partial charge in [-0.3, -0.25) is 0 Å². The SMILES string of the molecule is CSc1cc(NCCC2CCC(C)CC2)ncn1. The average Bonchev–Trinajstić information content (AvgIpc) is 2.41. The van der Waals surface area contributed by atoms with Gasteiger partial charge in [0.25, 0.3) is 0 Å². The second-order valence-corrected chi connectivity index (χ2v) is 6.11. The molecule has 1 aromatic heterocycles. The zero-order chi connectivity index (χ0) is 12.8. The van der Waals surface area contributed by atoms with Gasteiger partial charge in [0.15, 0.2) is 0 Å². The van der Waals surface area contributed by atoms with Crippen molar-refractivity contribution in [2.24, 2.45) is 11.8 Å². The summed E-state index contributed by atoms with van der Waals surface area (Å²) < 4.78 is 0. The van der Waals surface area contributed by atoms with Gasteiger partial charge in [-0.05, 0) is 24.5 Å². The molecule has 1 aromatic rings. The Morgan fingerprint density at radius 2 is 2.06 bits per heavy atom. The van der Waals surface area contributed by atoms with Gasteiger partial charge >= 0.3 is 0 Å². The Kier molecular flexibility index (Phi) is 5.29. The summed E-state index contributed by atoms with van der Waals surface area (Å²) in [5.41, 5.74) is 0. The third-order valence-electron chi connectivity index (χ3n) is 3.85. The fourth-order valence-corrected chi connectivity index (χ4v) is 2.95. The molecule has 4 heteroatoms. The highest BCUT2D eigenvalue weighted by molar-refractivity contribution is 7.98. The molecule has 0 atom stereocenters. The fourth-order valence-electron chi connectivity index (χ4n) is 2.57. The van der Waals surface area contributed by atoms with E-state index in [4.69, 9.17) is 0 Å². The summed E-state index contributed by atoms with van der Waals surface area (Å²) in [6.07, 6.45) is 10.6. The van der Waals surface area contributed by atoms with E-state index in [1.165, 1.54) is 32.1 Å². The summed E-state index contributed by atoms with van der Waals surface area (Å²) in [5.74, 6) is 2.81. The van der Waals surface area contributed by atoms with Gasteiger partial charge in [0.1, 0.15) is 17.2 Å². The van der Waals surface area contributed by atoms with Crippen LogP contribution in [-0.2, 0) is 0 Å². The Labute approximate surface area is 114 Å². The molecule has 100 valence electrons. The number of rotatable bonds is 5. The van der Waals surface area contributed by atoms with Gasteiger partial charge in [0, 0.05) is 12.6 Å². The van der Waals surface area contributed by atoms with Gasteiger partial charge < -0.3 is 5.32 Å². The van der Waals surface area contributed by atoms with E-state index >= 15 is 0 Å². The van der Waals surface area contributed by atoms with Crippen LogP contribution in [0, 0.1) is 11.8 Å². The normalized spacial score (nSPS) is 23.9. The summed E-state index contributed by atoms with van der Waals surface area (Å²) in [6, 6.07) is 2.02. The van der Waals surface area contributed by atoms with Crippen molar-refractivity contribution in [3.63, 3.8) is 0 Å². The van der Waals surface area contributed by atoms with Gasteiger partial charge in [-0.1, -0.05) is 32.6 Å². The fraction of sp³-hybridized carbons (Fsp3) is 0.714. The number of hydrogen-bond acceptors (Lipinski definition) is 4. The summed E-state index contributed by atoms with van der Waals surface area (Å²) in [5, 5.41) is 4.44. The smallest absolute Gasteiger partial charge is 0.130 e. The number of anilines is 1. The van der Waals surface area contributed by atoms with Crippen LogP contribution in [0.2, 0.25) is 0 Å². The number of hydrogen-bond donors (Lipinski definition) is 1. The molecule has 0 bridgehead atoms. The molecule has 2 rings (SSSR count). The Morgan fingerprint density at radius 3 is 2.78 bits per heavy atom. The second kappa shape index (κ2) is 6.98. The van der Waals surface area contributed by atoms with Crippen molar-refractivity contribution < 1.29 is 0 Å². The molecule has 1 fully saturated rings. The standard InChI is InChI=1S/C14H23N3S/c1-11-3-5-12(6-4-11)7-8-15-13-9-14(18-2)17-10-16-13/h9-12H,3-8H2,1-2H3,(H,15,16,17). The van der Waals surface area contributed by atoms with Gasteiger partial charge in [0.2, 0.25) is 0 Å². The number of nitrogens with one attached hydrogen (secondary N) is 1. The molecule has 1 aliphatic rings. The summed E-state index contributed by atoms with van der Waals surface area (Å²) in [6.45, 7) is 3.41. The first kappa shape index (κ1) is 13.7. The van der Waals surface area contributed by atoms with Crippen LogP contribution in [0.4, 0.5) is 5.82 Å². The molecule has 18 heavy (non-hydrogen) atoms. The van der Waals surface area contributed by atoms with E-state index in [1.807, 2.05) is 12.3 Å². The van der Waals surface area contributed by atoms with Crippen LogP contribution in [0.1, 0.15) is 39.0 Å². The highest BCUT2D eigenvalue weighted by atomic mass is 32.2. The maximum atomic E-state index is 4.25. The zero-order valence-electron chi connectivity index (χ0n) is 11.4. The minimum absolute atomic E-state index is 0.913. The lowest BCUT2D eigenvalue weighted by Gasteiger charge is -2.26. The first-order valence-electron chi connectivity index (χ1n) is 6.88. The number of aromatic nitrogens is 2. The highest BCUT2D eigenvalue weighted by Crippen LogP contribution is 2.30. The minimum Gasteiger partial charge on any atom is -0.370 e. The molecule has 0 spiro atoms. The molecule has 1 N–H and O–H groups in total. The second-order valence-electron chi connectivity index (χ2n) is 5.29. The van der Waals surface area contributed by atoms with Crippen molar-refractivity contribution in [2.75, 3.05) is 18.1 Å². The zero-order valence-corrected chi connectivity index (χ0v) is 12.2. The van der Waals surface area contributed by atoms with E-state index in [2.05, 4.69) is 22.2 Å². The van der Waals surface area contributed by atoms with Gasteiger partial charge in [-0.15, -0.1) is 11.8 Å². The minimum atomic E-state index is 0.913. The predicted molar refractivity (Wildman–Crippen MR) is 78.0 cm³/mol. The Morgan fingerprint density at radius 1 is 1.28 bits per heavy atom. The molecule has 0 unspecified atom stereocenters. The number of thioether (sulfide) groups is 1. The van der Waals surface area contributed by atoms with E-state index in [0.717, 1.165) is 29.2 Å². The topological polar surface area (TPSA) is 37.8 Å². The van der Waals surface area contributed by atoms with Crippen molar-refractivity contribution in [1.29, 1.82) is 0 Å². The maximum absolute atomic E-state index is 4.25. The first-order valence-corrected chi connectivity index (χ1v) is 8.10. The lowest BCUT2D eigenvalue weighted by Crippen LogP contribution is -2.16. The highest BCUT2D eigenvalue weighted by Gasteiger charge is 2.17. The van der Waals surface area contributed by atoms with Crippen LogP contribution in [0.15, 0.2) is 17.4 Å². The largest absolute Gasteiger partial charge is 0.370 e. The van der Waals surface area contributed by atoms with E-state index in [-0.39, 0.29) is 0 Å². The van der Waals surface area contributed by atoms with Crippen LogP contribution < -0.4 is 5.32 Å². The summed E-state index contributed by atoms with van der Waals surface area (Å²) in [4.78, 5) is 8.42. The molecule has 0 amide bonds. The lowest BCUT2D eigenvalue weighted by atomic mass is 9.81. The molecule has 0 saturated heterocycles. The van der Waals surface area contributed by atoms with Crippen molar-refractivity contribution in [3.05, 3.63) is 12.4 Å². The molecule has 0 aromatic carbocycles. The van der Waals surface area contributed by atoms with Crippen molar-refractivity contribution in [3.8, 4) is 0 Å². The maximum Gasteiger partial charge on any atom is 0.130 e. The van der Waals surface area contributed by atoms with Crippen LogP contribution in [-0.4, -0.2) is 22.8 Å². The van der Waals surface area contributed by atoms with Crippen LogP contribution in [0.5, 0.6) is 0 Å². The van der Waals surface area contributed by atoms with E-state index in [1.54, 1.807) is 18.1 Å². The molecule has 3 nitrogen and oxygen atoms in total. The summed E-state index contributed by atoms with van der Waals surface area (Å²) >= 11 is 1.65. The third-order valence-corrected chi connectivity index (χ3v) is 4.49. The molecule has 1 saturated carbocycles. The predicted octanol–water partition coefficient (Wildman–Crippen LogP) is 3.83. The monoisotopic (exact) mass is 265 g/mol. The van der Waals surface area contributed by atoms with Gasteiger partial charge in [0.05, 0.1) is 0 Å². The van der Waals surface area contributed by atoms with E-state index < -0.39 is 0 Å². The quantitative estimate of drug-likeness (QED) is 0.648. The van der Waals surface area contributed by atoms with Crippen molar-refractivity contribution >= 4 is 17.6 Å². The molecular weight excluding hydrogens is 242 g/mol. The van der Waals surface area contributed by atoms with Crippen molar-refractivity contribution in [1.82, 2.24) is 9.97 Å².